The molecule has 1 fully saturated rings. The Morgan fingerprint density at radius 1 is 1.47 bits per heavy atom. The van der Waals surface area contributed by atoms with Crippen molar-refractivity contribution in [3.8, 4) is 0 Å². The zero-order chi connectivity index (χ0) is 10.8. The van der Waals surface area contributed by atoms with Crippen LogP contribution in [-0.4, -0.2) is 29.1 Å². The number of piperidine rings is 1. The quantitative estimate of drug-likeness (QED) is 0.743. The van der Waals surface area contributed by atoms with Crippen LogP contribution in [0.5, 0.6) is 0 Å². The van der Waals surface area contributed by atoms with E-state index in [1.54, 1.807) is 0 Å². The molecule has 2 rings (SSSR count). The molecule has 1 aromatic rings. The molecular formula is C11H18N4. The Morgan fingerprint density at radius 2 is 2.27 bits per heavy atom. The molecule has 1 aromatic heterocycles. The molecule has 1 aliphatic heterocycles. The van der Waals surface area contributed by atoms with Crippen LogP contribution in [0.3, 0.4) is 0 Å². The average molecular weight is 206 g/mol. The highest BCUT2D eigenvalue weighted by Gasteiger charge is 2.22. The molecule has 4 nitrogen and oxygen atoms in total. The number of rotatable bonds is 1. The van der Waals surface area contributed by atoms with Gasteiger partial charge < -0.3 is 10.6 Å². The largest absolute Gasteiger partial charge is 0.355 e. The molecule has 2 unspecified atom stereocenters. The van der Waals surface area contributed by atoms with E-state index < -0.39 is 0 Å². The van der Waals surface area contributed by atoms with Gasteiger partial charge in [0.25, 0.3) is 0 Å². The second-order valence-electron chi connectivity index (χ2n) is 4.47. The van der Waals surface area contributed by atoms with Gasteiger partial charge in [-0.15, -0.1) is 0 Å². The third kappa shape index (κ3) is 2.45. The lowest BCUT2D eigenvalue weighted by Crippen LogP contribution is -2.46. The summed E-state index contributed by atoms with van der Waals surface area (Å²) in [6.07, 6.45) is 2.92. The first kappa shape index (κ1) is 10.4. The number of aromatic nitrogens is 2. The minimum Gasteiger partial charge on any atom is -0.355 e. The minimum atomic E-state index is 0.268. The average Bonchev–Trinajstić information content (AvgIpc) is 2.16. The lowest BCUT2D eigenvalue weighted by atomic mass is 9.97. The van der Waals surface area contributed by atoms with Gasteiger partial charge in [-0.05, 0) is 25.3 Å². The normalized spacial score (nSPS) is 26.7. The highest BCUT2D eigenvalue weighted by molar-refractivity contribution is 5.38. The van der Waals surface area contributed by atoms with E-state index in [4.69, 9.17) is 5.73 Å². The minimum absolute atomic E-state index is 0.268. The fraction of sp³-hybridized carbons (Fsp3) is 0.636. The lowest BCUT2D eigenvalue weighted by Gasteiger charge is -2.35. The van der Waals surface area contributed by atoms with E-state index in [-0.39, 0.29) is 6.04 Å². The van der Waals surface area contributed by atoms with Crippen molar-refractivity contribution in [1.82, 2.24) is 9.97 Å². The molecule has 4 heteroatoms. The summed E-state index contributed by atoms with van der Waals surface area (Å²) in [4.78, 5) is 10.8. The maximum absolute atomic E-state index is 6.01. The summed E-state index contributed by atoms with van der Waals surface area (Å²) in [6, 6.07) is 2.22. The Kier molecular flexibility index (Phi) is 2.86. The SMILES string of the molecule is Cc1nccc(N2CC(C)CC(N)C2)n1. The third-order valence-corrected chi connectivity index (χ3v) is 2.78. The van der Waals surface area contributed by atoms with E-state index in [1.807, 2.05) is 19.2 Å². The molecule has 2 N–H and O–H groups in total. The van der Waals surface area contributed by atoms with Crippen LogP contribution in [0.15, 0.2) is 12.3 Å². The molecule has 0 bridgehead atoms. The van der Waals surface area contributed by atoms with Gasteiger partial charge in [-0.2, -0.15) is 0 Å². The van der Waals surface area contributed by atoms with E-state index in [2.05, 4.69) is 21.8 Å². The molecule has 0 aliphatic carbocycles. The highest BCUT2D eigenvalue weighted by atomic mass is 15.2. The van der Waals surface area contributed by atoms with Gasteiger partial charge in [0, 0.05) is 25.3 Å². The number of aryl methyl sites for hydroxylation is 1. The van der Waals surface area contributed by atoms with Gasteiger partial charge in [0.1, 0.15) is 11.6 Å². The van der Waals surface area contributed by atoms with Gasteiger partial charge in [-0.25, -0.2) is 9.97 Å². The van der Waals surface area contributed by atoms with Crippen molar-refractivity contribution < 1.29 is 0 Å². The van der Waals surface area contributed by atoms with Crippen molar-refractivity contribution in [2.24, 2.45) is 11.7 Å². The second-order valence-corrected chi connectivity index (χ2v) is 4.47. The molecular weight excluding hydrogens is 188 g/mol. The second kappa shape index (κ2) is 4.14. The summed E-state index contributed by atoms with van der Waals surface area (Å²) in [5, 5.41) is 0. The summed E-state index contributed by atoms with van der Waals surface area (Å²) in [7, 11) is 0. The summed E-state index contributed by atoms with van der Waals surface area (Å²) < 4.78 is 0. The van der Waals surface area contributed by atoms with Crippen LogP contribution in [0.25, 0.3) is 0 Å². The summed E-state index contributed by atoms with van der Waals surface area (Å²) >= 11 is 0. The Bertz CT molecular complexity index is 329. The van der Waals surface area contributed by atoms with Crippen LogP contribution >= 0.6 is 0 Å². The smallest absolute Gasteiger partial charge is 0.132 e. The number of hydrogen-bond acceptors (Lipinski definition) is 4. The summed E-state index contributed by atoms with van der Waals surface area (Å²) in [5.74, 6) is 2.47. The first-order valence-corrected chi connectivity index (χ1v) is 5.45. The van der Waals surface area contributed by atoms with Crippen LogP contribution in [-0.2, 0) is 0 Å². The molecule has 0 radical (unpaired) electrons. The summed E-state index contributed by atoms with van der Waals surface area (Å²) in [5.41, 5.74) is 6.01. The molecule has 0 amide bonds. The van der Waals surface area contributed by atoms with Gasteiger partial charge in [-0.1, -0.05) is 6.92 Å². The molecule has 0 spiro atoms. The van der Waals surface area contributed by atoms with Crippen LogP contribution < -0.4 is 10.6 Å². The van der Waals surface area contributed by atoms with Crippen LogP contribution in [0.4, 0.5) is 5.82 Å². The van der Waals surface area contributed by atoms with Crippen molar-refractivity contribution in [3.63, 3.8) is 0 Å². The Balaban J connectivity index is 2.16. The first-order chi connectivity index (χ1) is 7.15. The van der Waals surface area contributed by atoms with E-state index in [0.29, 0.717) is 5.92 Å². The molecule has 1 saturated heterocycles. The fourth-order valence-electron chi connectivity index (χ4n) is 2.21. The first-order valence-electron chi connectivity index (χ1n) is 5.45. The van der Waals surface area contributed by atoms with Crippen molar-refractivity contribution in [2.75, 3.05) is 18.0 Å². The fourth-order valence-corrected chi connectivity index (χ4v) is 2.21. The van der Waals surface area contributed by atoms with Crippen molar-refractivity contribution >= 4 is 5.82 Å². The Morgan fingerprint density at radius 3 is 2.93 bits per heavy atom. The van der Waals surface area contributed by atoms with E-state index in [9.17, 15) is 0 Å². The van der Waals surface area contributed by atoms with Crippen molar-refractivity contribution in [3.05, 3.63) is 18.1 Å². The van der Waals surface area contributed by atoms with Crippen molar-refractivity contribution in [1.29, 1.82) is 0 Å². The predicted molar refractivity (Wildman–Crippen MR) is 60.7 cm³/mol. The monoisotopic (exact) mass is 206 g/mol. The predicted octanol–water partition coefficient (Wildman–Crippen LogP) is 0.959. The number of anilines is 1. The van der Waals surface area contributed by atoms with Crippen LogP contribution in [0, 0.1) is 12.8 Å². The maximum atomic E-state index is 6.01. The Hall–Kier alpha value is -1.16. The topological polar surface area (TPSA) is 55.0 Å². The molecule has 82 valence electrons. The van der Waals surface area contributed by atoms with E-state index >= 15 is 0 Å². The lowest BCUT2D eigenvalue weighted by molar-refractivity contribution is 0.399. The standard InChI is InChI=1S/C11H18N4/c1-8-5-10(12)7-15(6-8)11-3-4-13-9(2)14-11/h3-4,8,10H,5-7,12H2,1-2H3. The van der Waals surface area contributed by atoms with E-state index in [0.717, 1.165) is 31.2 Å². The van der Waals surface area contributed by atoms with Crippen LogP contribution in [0.1, 0.15) is 19.2 Å². The molecule has 1 aliphatic rings. The number of nitrogens with two attached hydrogens (primary N) is 1. The van der Waals surface area contributed by atoms with Gasteiger partial charge in [0.2, 0.25) is 0 Å². The molecule has 15 heavy (non-hydrogen) atoms. The van der Waals surface area contributed by atoms with E-state index in [1.165, 1.54) is 0 Å². The van der Waals surface area contributed by atoms with Gasteiger partial charge in [0.15, 0.2) is 0 Å². The van der Waals surface area contributed by atoms with Gasteiger partial charge in [-0.3, -0.25) is 0 Å². The third-order valence-electron chi connectivity index (χ3n) is 2.78. The zero-order valence-corrected chi connectivity index (χ0v) is 9.35. The van der Waals surface area contributed by atoms with Gasteiger partial charge >= 0.3 is 0 Å². The zero-order valence-electron chi connectivity index (χ0n) is 9.35. The van der Waals surface area contributed by atoms with Crippen molar-refractivity contribution in [2.45, 2.75) is 26.3 Å². The highest BCUT2D eigenvalue weighted by Crippen LogP contribution is 2.20. The number of nitrogens with zero attached hydrogens (tertiary/aromatic N) is 3. The molecule has 0 saturated carbocycles. The Labute approximate surface area is 90.5 Å². The molecule has 2 heterocycles. The van der Waals surface area contributed by atoms with Gasteiger partial charge in [0.05, 0.1) is 0 Å². The summed E-state index contributed by atoms with van der Waals surface area (Å²) in [6.45, 7) is 6.10. The number of hydrogen-bond donors (Lipinski definition) is 1. The van der Waals surface area contributed by atoms with Crippen LogP contribution in [0.2, 0.25) is 0 Å². The molecule has 2 atom stereocenters. The maximum Gasteiger partial charge on any atom is 0.132 e. The molecule has 0 aromatic carbocycles.